The zero-order valence-electron chi connectivity index (χ0n) is 17.5. The summed E-state index contributed by atoms with van der Waals surface area (Å²) in [6, 6.07) is 6.28. The van der Waals surface area contributed by atoms with Crippen LogP contribution in [0.1, 0.15) is 4.88 Å². The van der Waals surface area contributed by atoms with Gasteiger partial charge in [-0.3, -0.25) is 19.2 Å². The molecule has 3 aromatic rings. The Morgan fingerprint density at radius 1 is 1.35 bits per heavy atom. The van der Waals surface area contributed by atoms with Gasteiger partial charge in [0.05, 0.1) is 21.6 Å². The van der Waals surface area contributed by atoms with Crippen LogP contribution in [0.4, 0.5) is 0 Å². The van der Waals surface area contributed by atoms with Crippen LogP contribution in [0.25, 0.3) is 10.3 Å². The predicted molar refractivity (Wildman–Crippen MR) is 133 cm³/mol. The molecule has 0 radical (unpaired) electrons. The van der Waals surface area contributed by atoms with Crippen molar-refractivity contribution in [2.45, 2.75) is 22.0 Å². The van der Waals surface area contributed by atoms with Gasteiger partial charge in [-0.1, -0.05) is 23.9 Å². The Morgan fingerprint density at radius 3 is 2.97 bits per heavy atom. The summed E-state index contributed by atoms with van der Waals surface area (Å²) < 4.78 is 6.62. The van der Waals surface area contributed by atoms with Crippen LogP contribution in [0, 0.1) is 5.41 Å². The van der Waals surface area contributed by atoms with E-state index in [9.17, 15) is 24.3 Å². The smallest absolute Gasteiger partial charge is 0.316 e. The Bertz CT molecular complexity index is 1350. The molecule has 34 heavy (non-hydrogen) atoms. The highest BCUT2D eigenvalue weighted by Crippen LogP contribution is 2.43. The van der Waals surface area contributed by atoms with E-state index in [0.717, 1.165) is 9.58 Å². The van der Waals surface area contributed by atoms with Crippen LogP contribution < -0.4 is 10.7 Å². The Hall–Kier alpha value is -2.54. The first-order valence-electron chi connectivity index (χ1n) is 10.2. The van der Waals surface area contributed by atoms with E-state index in [1.54, 1.807) is 17.6 Å². The van der Waals surface area contributed by atoms with Crippen LogP contribution in [-0.4, -0.2) is 51.5 Å². The lowest BCUT2D eigenvalue weighted by Gasteiger charge is -2.53. The number of thiophene rings is 1. The number of hydrogen-bond acceptors (Lipinski definition) is 9. The minimum absolute atomic E-state index is 0.0319. The molecule has 2 saturated heterocycles. The quantitative estimate of drug-likeness (QED) is 0.351. The zero-order valence-corrected chi connectivity index (χ0v) is 20.7. The van der Waals surface area contributed by atoms with Crippen molar-refractivity contribution in [2.75, 3.05) is 12.3 Å². The number of carboxylic acids is 1. The van der Waals surface area contributed by atoms with Gasteiger partial charge in [-0.15, -0.1) is 34.4 Å². The average molecular weight is 535 g/mol. The Labute approximate surface area is 210 Å². The number of β-lactam (4-membered cyclic amide) rings is 1. The van der Waals surface area contributed by atoms with Gasteiger partial charge in [-0.2, -0.15) is 0 Å². The molecule has 0 bridgehead atoms. The number of fused-ring (bicyclic) bond motifs is 2. The van der Waals surface area contributed by atoms with Crippen LogP contribution in [0.2, 0.25) is 0 Å². The summed E-state index contributed by atoms with van der Waals surface area (Å²) in [7, 11) is 0. The molecule has 2 fully saturated rings. The summed E-state index contributed by atoms with van der Waals surface area (Å²) in [6.07, 6.45) is 3.27. The number of rotatable bonds is 7. The number of thioether (sulfide) groups is 2. The molecule has 0 spiro atoms. The third-order valence-corrected chi connectivity index (χ3v) is 10.1. The summed E-state index contributed by atoms with van der Waals surface area (Å²) in [5, 5.41) is 16.0. The molecule has 0 saturated carbocycles. The van der Waals surface area contributed by atoms with E-state index in [2.05, 4.69) is 5.32 Å². The normalized spacial score (nSPS) is 24.2. The summed E-state index contributed by atoms with van der Waals surface area (Å²) >= 11 is 5.47. The maximum Gasteiger partial charge on any atom is 0.316 e. The zero-order chi connectivity index (χ0) is 23.9. The molecule has 2 aliphatic heterocycles. The van der Waals surface area contributed by atoms with Crippen LogP contribution in [0.5, 0.6) is 0 Å². The molecule has 2 N–H and O–H groups in total. The molecule has 12 heteroatoms. The summed E-state index contributed by atoms with van der Waals surface area (Å²) in [6.45, 7) is 0.0319. The highest BCUT2D eigenvalue weighted by molar-refractivity contribution is 8.04. The summed E-state index contributed by atoms with van der Waals surface area (Å²) in [5.41, 5.74) is -1.17. The van der Waals surface area contributed by atoms with Gasteiger partial charge in [0, 0.05) is 23.2 Å². The average Bonchev–Trinajstić information content (AvgIpc) is 3.49. The van der Waals surface area contributed by atoms with Crippen molar-refractivity contribution in [1.82, 2.24) is 10.2 Å². The largest absolute Gasteiger partial charge is 0.481 e. The Balaban J connectivity index is 1.24. The van der Waals surface area contributed by atoms with Gasteiger partial charge in [-0.05, 0) is 22.9 Å². The maximum absolute atomic E-state index is 12.7. The van der Waals surface area contributed by atoms with Crippen LogP contribution in [-0.2, 0) is 20.8 Å². The molecule has 8 nitrogen and oxygen atoms in total. The monoisotopic (exact) mass is 534 g/mol. The SMILES string of the molecule is O=C(Cc1cccs1)NC1C(=O)N2CC(C=CSc3cc(=O)c4occc4s3)(C(=O)O)CS[C@H]12. The van der Waals surface area contributed by atoms with Crippen LogP contribution in [0.15, 0.2) is 60.8 Å². The van der Waals surface area contributed by atoms with Gasteiger partial charge >= 0.3 is 5.97 Å². The van der Waals surface area contributed by atoms with Gasteiger partial charge < -0.3 is 19.7 Å². The Morgan fingerprint density at radius 2 is 2.21 bits per heavy atom. The fourth-order valence-corrected chi connectivity index (χ4v) is 8.08. The van der Waals surface area contributed by atoms with Crippen LogP contribution in [0.3, 0.4) is 0 Å². The second kappa shape index (κ2) is 9.25. The highest BCUT2D eigenvalue weighted by Gasteiger charge is 2.56. The first-order valence-corrected chi connectivity index (χ1v) is 13.8. The lowest BCUT2D eigenvalue weighted by molar-refractivity contribution is -0.156. The molecule has 0 aliphatic carbocycles. The Kier molecular flexibility index (Phi) is 6.32. The second-order valence-corrected chi connectivity index (χ2v) is 12.3. The molecule has 3 aromatic heterocycles. The molecule has 5 heterocycles. The van der Waals surface area contributed by atoms with Gasteiger partial charge in [0.2, 0.25) is 17.2 Å². The van der Waals surface area contributed by atoms with Gasteiger partial charge in [0.1, 0.15) is 16.8 Å². The van der Waals surface area contributed by atoms with E-state index >= 15 is 0 Å². The standard InChI is InChI=1S/C22H18N2O6S4/c25-13-9-16(34-14-3-5-30-18(13)14)32-7-4-22(21(28)29)10-24-19(27)17(20(24)33-11-22)23-15(26)8-12-2-1-6-31-12/h1-7,9,17,20H,8,10-11H2,(H,23,26)(H,28,29)/t17?,20-,22?/m1/s1. The number of carbonyl (C=O) groups is 3. The molecule has 0 aromatic carbocycles. The molecular weight excluding hydrogens is 517 g/mol. The summed E-state index contributed by atoms with van der Waals surface area (Å²) in [4.78, 5) is 51.8. The lowest BCUT2D eigenvalue weighted by atomic mass is 9.87. The van der Waals surface area contributed by atoms with E-state index in [1.165, 1.54) is 63.4 Å². The molecule has 2 amide bonds. The number of nitrogens with zero attached hydrogens (tertiary/aromatic N) is 1. The third kappa shape index (κ3) is 4.30. The highest BCUT2D eigenvalue weighted by atomic mass is 32.2. The molecule has 2 aliphatic rings. The fourth-order valence-electron chi connectivity index (χ4n) is 3.85. The number of carboxylic acid groups (broad SMARTS) is 1. The second-order valence-electron chi connectivity index (χ2n) is 7.89. The van der Waals surface area contributed by atoms with Gasteiger partial charge in [0.25, 0.3) is 0 Å². The van der Waals surface area contributed by atoms with Crippen molar-refractivity contribution in [1.29, 1.82) is 0 Å². The third-order valence-electron chi connectivity index (χ3n) is 5.65. The first-order chi connectivity index (χ1) is 16.4. The van der Waals surface area contributed by atoms with Gasteiger partial charge in [0.15, 0.2) is 5.58 Å². The molecule has 3 atom stereocenters. The fraction of sp³-hybridized carbons (Fsp3) is 0.273. The van der Waals surface area contributed by atoms with E-state index in [1.807, 2.05) is 17.5 Å². The number of hydrogen-bond donors (Lipinski definition) is 2. The number of amides is 2. The molecule has 176 valence electrons. The minimum atomic E-state index is -1.25. The lowest BCUT2D eigenvalue weighted by Crippen LogP contribution is -2.73. The number of aliphatic carboxylic acids is 1. The molecular formula is C22H18N2O6S4. The van der Waals surface area contributed by atoms with Crippen molar-refractivity contribution in [3.8, 4) is 0 Å². The number of furan rings is 1. The van der Waals surface area contributed by atoms with Crippen molar-refractivity contribution in [3.63, 3.8) is 0 Å². The summed E-state index contributed by atoms with van der Waals surface area (Å²) in [5.74, 6) is -1.25. The van der Waals surface area contributed by atoms with E-state index in [-0.39, 0.29) is 41.3 Å². The maximum atomic E-state index is 12.7. The van der Waals surface area contributed by atoms with Gasteiger partial charge in [-0.25, -0.2) is 0 Å². The molecule has 2 unspecified atom stereocenters. The van der Waals surface area contributed by atoms with E-state index < -0.39 is 17.4 Å². The molecule has 5 rings (SSSR count). The number of carbonyl (C=O) groups excluding carboxylic acids is 2. The minimum Gasteiger partial charge on any atom is -0.481 e. The van der Waals surface area contributed by atoms with Crippen molar-refractivity contribution in [2.24, 2.45) is 5.41 Å². The number of nitrogens with one attached hydrogen (secondary N) is 1. The van der Waals surface area contributed by atoms with Crippen molar-refractivity contribution < 1.29 is 23.9 Å². The van der Waals surface area contributed by atoms with Crippen molar-refractivity contribution in [3.05, 3.63) is 62.5 Å². The van der Waals surface area contributed by atoms with Crippen LogP contribution >= 0.6 is 46.2 Å². The first kappa shape index (κ1) is 23.2. The van der Waals surface area contributed by atoms with E-state index in [0.29, 0.717) is 9.79 Å². The van der Waals surface area contributed by atoms with Crippen molar-refractivity contribution >= 4 is 74.3 Å². The predicted octanol–water partition coefficient (Wildman–Crippen LogP) is 3.24. The van der Waals surface area contributed by atoms with E-state index in [4.69, 9.17) is 4.42 Å². The topological polar surface area (TPSA) is 117 Å².